The van der Waals surface area contributed by atoms with Crippen molar-refractivity contribution in [2.75, 3.05) is 17.6 Å². The average Bonchev–Trinajstić information content (AvgIpc) is 2.17. The zero-order chi connectivity index (χ0) is 10.2. The summed E-state index contributed by atoms with van der Waals surface area (Å²) < 4.78 is 23.3. The lowest BCUT2D eigenvalue weighted by molar-refractivity contribution is 0.594. The number of fused-ring (bicyclic) bond motifs is 1. The predicted molar refractivity (Wildman–Crippen MR) is 54.9 cm³/mol. The van der Waals surface area contributed by atoms with Crippen molar-refractivity contribution in [1.82, 2.24) is 0 Å². The van der Waals surface area contributed by atoms with Gasteiger partial charge >= 0.3 is 0 Å². The molecule has 0 fully saturated rings. The summed E-state index contributed by atoms with van der Waals surface area (Å²) in [5, 5.41) is 3.05. The third kappa shape index (κ3) is 1.49. The van der Waals surface area contributed by atoms with E-state index in [0.29, 0.717) is 23.7 Å². The minimum Gasteiger partial charge on any atom is -0.383 e. The predicted octanol–water partition coefficient (Wildman–Crippen LogP) is 0.344. The summed E-state index contributed by atoms with van der Waals surface area (Å²) in [7, 11) is -3.09. The van der Waals surface area contributed by atoms with Crippen LogP contribution in [-0.2, 0) is 16.4 Å². The van der Waals surface area contributed by atoms with Crippen LogP contribution in [0.2, 0.25) is 0 Å². The van der Waals surface area contributed by atoms with E-state index in [1.165, 1.54) is 0 Å². The Hall–Kier alpha value is -1.07. The lowest BCUT2D eigenvalue weighted by Gasteiger charge is -2.18. The molecule has 4 nitrogen and oxygen atoms in total. The maximum atomic E-state index is 11.7. The number of hydrogen-bond donors (Lipinski definition) is 2. The van der Waals surface area contributed by atoms with Gasteiger partial charge in [-0.1, -0.05) is 6.07 Å². The molecular weight excluding hydrogens is 200 g/mol. The highest BCUT2D eigenvalue weighted by atomic mass is 32.2. The Morgan fingerprint density at radius 1 is 1.43 bits per heavy atom. The van der Waals surface area contributed by atoms with Crippen LogP contribution in [0.4, 0.5) is 5.69 Å². The lowest BCUT2D eigenvalue weighted by atomic mass is 10.2. The fourth-order valence-electron chi connectivity index (χ4n) is 1.53. The van der Waals surface area contributed by atoms with Crippen LogP contribution in [0.5, 0.6) is 0 Å². The van der Waals surface area contributed by atoms with E-state index in [0.717, 1.165) is 5.56 Å². The number of rotatable bonds is 1. The summed E-state index contributed by atoms with van der Waals surface area (Å²) in [5.41, 5.74) is 6.99. The van der Waals surface area contributed by atoms with Crippen molar-refractivity contribution in [3.63, 3.8) is 0 Å². The van der Waals surface area contributed by atoms with Gasteiger partial charge in [0.05, 0.1) is 16.3 Å². The van der Waals surface area contributed by atoms with E-state index in [1.807, 2.05) is 6.07 Å². The molecule has 14 heavy (non-hydrogen) atoms. The summed E-state index contributed by atoms with van der Waals surface area (Å²) in [6.45, 7) is 0.847. The fraction of sp³-hybridized carbons (Fsp3) is 0.333. The number of nitrogens with two attached hydrogens (primary N) is 1. The molecular formula is C9H12N2O2S. The quantitative estimate of drug-likeness (QED) is 0.704. The molecule has 0 atom stereocenters. The summed E-state index contributed by atoms with van der Waals surface area (Å²) in [6, 6.07) is 5.26. The fourth-order valence-corrected chi connectivity index (χ4v) is 2.92. The van der Waals surface area contributed by atoms with Gasteiger partial charge in [0.25, 0.3) is 0 Å². The van der Waals surface area contributed by atoms with Gasteiger partial charge < -0.3 is 11.1 Å². The Morgan fingerprint density at radius 2 is 2.21 bits per heavy atom. The second-order valence-electron chi connectivity index (χ2n) is 3.28. The molecule has 0 aliphatic carbocycles. The number of hydrogen-bond acceptors (Lipinski definition) is 4. The van der Waals surface area contributed by atoms with Crippen molar-refractivity contribution in [3.8, 4) is 0 Å². The molecule has 0 radical (unpaired) electrons. The molecule has 1 aromatic rings. The molecule has 3 N–H and O–H groups in total. The van der Waals surface area contributed by atoms with E-state index in [9.17, 15) is 8.42 Å². The van der Waals surface area contributed by atoms with E-state index in [4.69, 9.17) is 5.73 Å². The number of benzene rings is 1. The van der Waals surface area contributed by atoms with Gasteiger partial charge in [0.15, 0.2) is 9.84 Å². The van der Waals surface area contributed by atoms with Gasteiger partial charge in [-0.15, -0.1) is 0 Å². The van der Waals surface area contributed by atoms with Crippen LogP contribution < -0.4 is 11.1 Å². The SMILES string of the molecule is NCc1ccc2c(c1)S(=O)(=O)CCN2. The van der Waals surface area contributed by atoms with Crippen LogP contribution >= 0.6 is 0 Å². The average molecular weight is 212 g/mol. The topological polar surface area (TPSA) is 72.2 Å². The van der Waals surface area contributed by atoms with Crippen LogP contribution in [-0.4, -0.2) is 20.7 Å². The summed E-state index contributed by atoms with van der Waals surface area (Å²) >= 11 is 0. The van der Waals surface area contributed by atoms with Gasteiger partial charge in [0.1, 0.15) is 0 Å². The minimum atomic E-state index is -3.09. The molecule has 5 heteroatoms. The lowest BCUT2D eigenvalue weighted by Crippen LogP contribution is -2.23. The Kier molecular flexibility index (Phi) is 2.20. The molecule has 1 aliphatic rings. The van der Waals surface area contributed by atoms with E-state index in [2.05, 4.69) is 5.32 Å². The Labute approximate surface area is 83.0 Å². The van der Waals surface area contributed by atoms with Crippen molar-refractivity contribution in [2.24, 2.45) is 5.73 Å². The van der Waals surface area contributed by atoms with E-state index >= 15 is 0 Å². The van der Waals surface area contributed by atoms with Crippen LogP contribution in [0.3, 0.4) is 0 Å². The van der Waals surface area contributed by atoms with Crippen LogP contribution in [0.1, 0.15) is 5.56 Å². The van der Waals surface area contributed by atoms with Gasteiger partial charge in [-0.3, -0.25) is 0 Å². The molecule has 0 amide bonds. The number of sulfone groups is 1. The molecule has 1 aromatic carbocycles. The van der Waals surface area contributed by atoms with E-state index < -0.39 is 9.84 Å². The summed E-state index contributed by atoms with van der Waals surface area (Å²) in [4.78, 5) is 0.381. The zero-order valence-corrected chi connectivity index (χ0v) is 8.47. The second-order valence-corrected chi connectivity index (χ2v) is 5.36. The molecule has 1 aliphatic heterocycles. The molecule has 1 heterocycles. The first-order valence-electron chi connectivity index (χ1n) is 4.43. The number of nitrogens with one attached hydrogen (secondary N) is 1. The van der Waals surface area contributed by atoms with Crippen LogP contribution in [0.25, 0.3) is 0 Å². The molecule has 0 saturated heterocycles. The Bertz CT molecular complexity index is 454. The van der Waals surface area contributed by atoms with Gasteiger partial charge in [0.2, 0.25) is 0 Å². The smallest absolute Gasteiger partial charge is 0.182 e. The first-order valence-corrected chi connectivity index (χ1v) is 6.08. The molecule has 0 bridgehead atoms. The van der Waals surface area contributed by atoms with Gasteiger partial charge in [-0.05, 0) is 17.7 Å². The van der Waals surface area contributed by atoms with Gasteiger partial charge in [0, 0.05) is 13.1 Å². The molecule has 0 aromatic heterocycles. The highest BCUT2D eigenvalue weighted by Gasteiger charge is 2.22. The molecule has 0 unspecified atom stereocenters. The molecule has 0 spiro atoms. The zero-order valence-electron chi connectivity index (χ0n) is 7.66. The van der Waals surface area contributed by atoms with Crippen molar-refractivity contribution in [1.29, 1.82) is 0 Å². The van der Waals surface area contributed by atoms with Gasteiger partial charge in [-0.25, -0.2) is 8.42 Å². The van der Waals surface area contributed by atoms with Crippen molar-refractivity contribution < 1.29 is 8.42 Å². The monoisotopic (exact) mass is 212 g/mol. The highest BCUT2D eigenvalue weighted by molar-refractivity contribution is 7.91. The third-order valence-corrected chi connectivity index (χ3v) is 4.05. The maximum Gasteiger partial charge on any atom is 0.182 e. The second kappa shape index (κ2) is 3.25. The molecule has 0 saturated carbocycles. The molecule has 2 rings (SSSR count). The Balaban J connectivity index is 2.61. The first-order chi connectivity index (χ1) is 6.63. The molecule has 76 valence electrons. The van der Waals surface area contributed by atoms with Crippen molar-refractivity contribution in [2.45, 2.75) is 11.4 Å². The normalized spacial score (nSPS) is 18.4. The van der Waals surface area contributed by atoms with Crippen LogP contribution in [0, 0.1) is 0 Å². The number of anilines is 1. The minimum absolute atomic E-state index is 0.161. The third-order valence-electron chi connectivity index (χ3n) is 2.30. The van der Waals surface area contributed by atoms with E-state index in [-0.39, 0.29) is 5.75 Å². The standard InChI is InChI=1S/C9H12N2O2S/c10-6-7-1-2-8-9(5-7)14(12,13)4-3-11-8/h1-2,5,11H,3-4,6,10H2. The van der Waals surface area contributed by atoms with Crippen LogP contribution in [0.15, 0.2) is 23.1 Å². The Morgan fingerprint density at radius 3 is 2.93 bits per heavy atom. The summed E-state index contributed by atoms with van der Waals surface area (Å²) in [6.07, 6.45) is 0. The van der Waals surface area contributed by atoms with Gasteiger partial charge in [-0.2, -0.15) is 0 Å². The first kappa shape index (κ1) is 9.48. The largest absolute Gasteiger partial charge is 0.383 e. The van der Waals surface area contributed by atoms with Crippen molar-refractivity contribution >= 4 is 15.5 Å². The maximum absolute atomic E-state index is 11.7. The van der Waals surface area contributed by atoms with Crippen molar-refractivity contribution in [3.05, 3.63) is 23.8 Å². The summed E-state index contributed by atoms with van der Waals surface area (Å²) in [5.74, 6) is 0.161. The van der Waals surface area contributed by atoms with E-state index in [1.54, 1.807) is 12.1 Å². The highest BCUT2D eigenvalue weighted by Crippen LogP contribution is 2.26.